The molecule has 0 heterocycles. The minimum Gasteiger partial charge on any atom is -0.481 e. The van der Waals surface area contributed by atoms with Crippen molar-refractivity contribution in [3.63, 3.8) is 0 Å². The molecule has 1 rings (SSSR count). The standard InChI is InChI=1S/C15H20O2/c1-11-8-6-9-14(13(11)3)12(2)7-4-5-10-15(16)17/h6-9H,4-5,10H2,1-3H3,(H,16,17)/b12-7+. The van der Waals surface area contributed by atoms with E-state index in [0.717, 1.165) is 6.42 Å². The first-order chi connectivity index (χ1) is 8.02. The summed E-state index contributed by atoms with van der Waals surface area (Å²) < 4.78 is 0. The van der Waals surface area contributed by atoms with Gasteiger partial charge in [-0.25, -0.2) is 0 Å². The summed E-state index contributed by atoms with van der Waals surface area (Å²) in [6, 6.07) is 6.29. The van der Waals surface area contributed by atoms with Gasteiger partial charge in [0.05, 0.1) is 0 Å². The fraction of sp³-hybridized carbons (Fsp3) is 0.400. The first-order valence-electron chi connectivity index (χ1n) is 5.97. The summed E-state index contributed by atoms with van der Waals surface area (Å²) in [6.45, 7) is 6.32. The molecule has 1 N–H and O–H groups in total. The largest absolute Gasteiger partial charge is 0.481 e. The van der Waals surface area contributed by atoms with Crippen LogP contribution in [0.2, 0.25) is 0 Å². The molecule has 0 unspecified atom stereocenters. The van der Waals surface area contributed by atoms with Gasteiger partial charge >= 0.3 is 5.97 Å². The quantitative estimate of drug-likeness (QED) is 0.780. The van der Waals surface area contributed by atoms with E-state index < -0.39 is 5.97 Å². The highest BCUT2D eigenvalue weighted by Crippen LogP contribution is 2.21. The Morgan fingerprint density at radius 2 is 2.06 bits per heavy atom. The van der Waals surface area contributed by atoms with E-state index in [1.165, 1.54) is 22.3 Å². The molecule has 2 nitrogen and oxygen atoms in total. The molecule has 0 aromatic heterocycles. The summed E-state index contributed by atoms with van der Waals surface area (Å²) in [7, 11) is 0. The lowest BCUT2D eigenvalue weighted by atomic mass is 9.97. The Morgan fingerprint density at radius 1 is 1.35 bits per heavy atom. The zero-order valence-corrected chi connectivity index (χ0v) is 10.8. The highest BCUT2D eigenvalue weighted by atomic mass is 16.4. The van der Waals surface area contributed by atoms with Crippen LogP contribution in [0.5, 0.6) is 0 Å². The maximum absolute atomic E-state index is 10.4. The molecule has 0 bridgehead atoms. The second kappa shape index (κ2) is 6.24. The molecule has 0 spiro atoms. The van der Waals surface area contributed by atoms with Crippen molar-refractivity contribution in [2.75, 3.05) is 0 Å². The Hall–Kier alpha value is -1.57. The number of hydrogen-bond donors (Lipinski definition) is 1. The smallest absolute Gasteiger partial charge is 0.303 e. The van der Waals surface area contributed by atoms with Gasteiger partial charge in [-0.3, -0.25) is 4.79 Å². The lowest BCUT2D eigenvalue weighted by Crippen LogP contribution is -1.93. The van der Waals surface area contributed by atoms with Crippen molar-refractivity contribution in [3.8, 4) is 0 Å². The SMILES string of the molecule is C/C(=C\CCCC(=O)O)c1cccc(C)c1C. The van der Waals surface area contributed by atoms with Crippen LogP contribution in [0.4, 0.5) is 0 Å². The third kappa shape index (κ3) is 4.06. The van der Waals surface area contributed by atoms with E-state index in [9.17, 15) is 4.79 Å². The van der Waals surface area contributed by atoms with E-state index in [1.54, 1.807) is 0 Å². The number of carboxylic acid groups (broad SMARTS) is 1. The molecule has 2 heteroatoms. The lowest BCUT2D eigenvalue weighted by molar-refractivity contribution is -0.137. The van der Waals surface area contributed by atoms with Crippen LogP contribution in [-0.4, -0.2) is 11.1 Å². The summed E-state index contributed by atoms with van der Waals surface area (Å²) in [5.74, 6) is -0.720. The first-order valence-corrected chi connectivity index (χ1v) is 5.97. The van der Waals surface area contributed by atoms with Crippen molar-refractivity contribution in [3.05, 3.63) is 41.0 Å². The molecule has 0 fully saturated rings. The third-order valence-corrected chi connectivity index (χ3v) is 3.07. The minimum atomic E-state index is -0.720. The molecule has 0 saturated heterocycles. The number of hydrogen-bond acceptors (Lipinski definition) is 1. The molecule has 17 heavy (non-hydrogen) atoms. The molecule has 0 aliphatic rings. The third-order valence-electron chi connectivity index (χ3n) is 3.07. The van der Waals surface area contributed by atoms with Crippen molar-refractivity contribution in [1.82, 2.24) is 0 Å². The monoisotopic (exact) mass is 232 g/mol. The van der Waals surface area contributed by atoms with Gasteiger partial charge in [-0.15, -0.1) is 0 Å². The highest BCUT2D eigenvalue weighted by Gasteiger charge is 2.02. The fourth-order valence-corrected chi connectivity index (χ4v) is 1.86. The summed E-state index contributed by atoms with van der Waals surface area (Å²) in [5.41, 5.74) is 5.09. The zero-order chi connectivity index (χ0) is 12.8. The number of allylic oxidation sites excluding steroid dienone is 2. The van der Waals surface area contributed by atoms with Crippen LogP contribution in [0.3, 0.4) is 0 Å². The zero-order valence-electron chi connectivity index (χ0n) is 10.8. The Bertz CT molecular complexity index is 431. The predicted molar refractivity (Wildman–Crippen MR) is 71.1 cm³/mol. The number of carboxylic acids is 1. The van der Waals surface area contributed by atoms with Crippen LogP contribution >= 0.6 is 0 Å². The van der Waals surface area contributed by atoms with E-state index in [0.29, 0.717) is 6.42 Å². The van der Waals surface area contributed by atoms with Crippen LogP contribution in [0, 0.1) is 13.8 Å². The molecular formula is C15H20O2. The topological polar surface area (TPSA) is 37.3 Å². The second-order valence-electron chi connectivity index (χ2n) is 4.42. The number of unbranched alkanes of at least 4 members (excludes halogenated alkanes) is 1. The molecule has 92 valence electrons. The molecule has 0 amide bonds. The van der Waals surface area contributed by atoms with Gasteiger partial charge in [-0.1, -0.05) is 24.3 Å². The van der Waals surface area contributed by atoms with Crippen LogP contribution in [0.1, 0.15) is 42.9 Å². The average molecular weight is 232 g/mol. The number of aryl methyl sites for hydroxylation is 1. The van der Waals surface area contributed by atoms with Crippen molar-refractivity contribution in [1.29, 1.82) is 0 Å². The molecule has 0 aliphatic carbocycles. The van der Waals surface area contributed by atoms with Crippen molar-refractivity contribution in [2.24, 2.45) is 0 Å². The Labute approximate surface area is 103 Å². The number of aliphatic carboxylic acids is 1. The summed E-state index contributed by atoms with van der Waals surface area (Å²) in [6.07, 6.45) is 3.91. The fourth-order valence-electron chi connectivity index (χ4n) is 1.86. The van der Waals surface area contributed by atoms with Gasteiger partial charge in [-0.05, 0) is 55.9 Å². The molecular weight excluding hydrogens is 212 g/mol. The van der Waals surface area contributed by atoms with Crippen molar-refractivity contribution >= 4 is 11.5 Å². The van der Waals surface area contributed by atoms with Gasteiger partial charge in [0.1, 0.15) is 0 Å². The average Bonchev–Trinajstić information content (AvgIpc) is 2.27. The molecule has 0 atom stereocenters. The van der Waals surface area contributed by atoms with E-state index in [-0.39, 0.29) is 6.42 Å². The number of benzene rings is 1. The Balaban J connectivity index is 2.68. The van der Waals surface area contributed by atoms with Crippen molar-refractivity contribution < 1.29 is 9.90 Å². The highest BCUT2D eigenvalue weighted by molar-refractivity contribution is 5.68. The normalized spacial score (nSPS) is 11.6. The first kappa shape index (κ1) is 13.5. The predicted octanol–water partition coefficient (Wildman–Crippen LogP) is 3.96. The van der Waals surface area contributed by atoms with E-state index in [2.05, 4.69) is 45.0 Å². The maximum atomic E-state index is 10.4. The lowest BCUT2D eigenvalue weighted by Gasteiger charge is -2.08. The number of carbonyl (C=O) groups is 1. The summed E-state index contributed by atoms with van der Waals surface area (Å²) in [4.78, 5) is 10.4. The molecule has 0 aliphatic heterocycles. The maximum Gasteiger partial charge on any atom is 0.303 e. The van der Waals surface area contributed by atoms with Gasteiger partial charge in [0, 0.05) is 6.42 Å². The van der Waals surface area contributed by atoms with Crippen LogP contribution in [0.15, 0.2) is 24.3 Å². The van der Waals surface area contributed by atoms with Gasteiger partial charge < -0.3 is 5.11 Å². The molecule has 0 saturated carbocycles. The van der Waals surface area contributed by atoms with Gasteiger partial charge in [0.15, 0.2) is 0 Å². The number of rotatable bonds is 5. The minimum absolute atomic E-state index is 0.247. The van der Waals surface area contributed by atoms with Crippen molar-refractivity contribution in [2.45, 2.75) is 40.0 Å². The second-order valence-corrected chi connectivity index (χ2v) is 4.42. The van der Waals surface area contributed by atoms with E-state index >= 15 is 0 Å². The van der Waals surface area contributed by atoms with Gasteiger partial charge in [-0.2, -0.15) is 0 Å². The van der Waals surface area contributed by atoms with Crippen LogP contribution < -0.4 is 0 Å². The van der Waals surface area contributed by atoms with Crippen LogP contribution in [-0.2, 0) is 4.79 Å². The molecule has 1 aromatic carbocycles. The summed E-state index contributed by atoms with van der Waals surface area (Å²) in [5, 5.41) is 8.56. The van der Waals surface area contributed by atoms with Crippen LogP contribution in [0.25, 0.3) is 5.57 Å². The summed E-state index contributed by atoms with van der Waals surface area (Å²) >= 11 is 0. The Kier molecular flexibility index (Phi) is 4.95. The van der Waals surface area contributed by atoms with Gasteiger partial charge in [0.2, 0.25) is 0 Å². The molecule has 0 radical (unpaired) electrons. The van der Waals surface area contributed by atoms with E-state index in [1.807, 2.05) is 0 Å². The van der Waals surface area contributed by atoms with E-state index in [4.69, 9.17) is 5.11 Å². The Morgan fingerprint density at radius 3 is 2.71 bits per heavy atom. The van der Waals surface area contributed by atoms with Gasteiger partial charge in [0.25, 0.3) is 0 Å². The molecule has 1 aromatic rings.